The molecule has 0 fully saturated rings. The first-order valence-electron chi connectivity index (χ1n) is 7.56. The van der Waals surface area contributed by atoms with Crippen LogP contribution in [0.15, 0.2) is 33.5 Å². The number of aromatic hydroxyl groups is 4. The lowest BCUT2D eigenvalue weighted by Gasteiger charge is -2.14. The Morgan fingerprint density at radius 2 is 1.67 bits per heavy atom. The van der Waals surface area contributed by atoms with Crippen LogP contribution in [0.25, 0.3) is 22.3 Å². The summed E-state index contributed by atoms with van der Waals surface area (Å²) in [6, 6.07) is 5.73. The average Bonchev–Trinajstić information content (AvgIpc) is 2.62. The van der Waals surface area contributed by atoms with Crippen molar-refractivity contribution in [2.75, 3.05) is 7.11 Å². The van der Waals surface area contributed by atoms with Crippen LogP contribution in [0.4, 0.5) is 0 Å². The summed E-state index contributed by atoms with van der Waals surface area (Å²) in [5.74, 6) is -5.23. The molecule has 9 heteroatoms. The van der Waals surface area contributed by atoms with Crippen LogP contribution in [0.2, 0.25) is 0 Å². The van der Waals surface area contributed by atoms with Crippen LogP contribution < -0.4 is 14.9 Å². The van der Waals surface area contributed by atoms with E-state index in [1.165, 1.54) is 24.3 Å². The zero-order valence-electron chi connectivity index (χ0n) is 14.1. The van der Waals surface area contributed by atoms with Crippen molar-refractivity contribution >= 4 is 16.9 Å². The summed E-state index contributed by atoms with van der Waals surface area (Å²) >= 11 is 0. The summed E-state index contributed by atoms with van der Waals surface area (Å²) in [7, 11) is 1.10. The third-order valence-corrected chi connectivity index (χ3v) is 3.78. The number of hydrogen-bond acceptors (Lipinski definition) is 9. The molecular weight excluding hydrogens is 360 g/mol. The molecular formula is C18H14O9. The Hall–Kier alpha value is -3.88. The van der Waals surface area contributed by atoms with Gasteiger partial charge in [0.15, 0.2) is 17.1 Å². The fraction of sp³-hybridized carbons (Fsp3) is 0.111. The molecule has 0 unspecified atom stereocenters. The van der Waals surface area contributed by atoms with Crippen molar-refractivity contribution in [3.05, 3.63) is 34.5 Å². The van der Waals surface area contributed by atoms with Gasteiger partial charge in [0.05, 0.1) is 12.7 Å². The Kier molecular flexibility index (Phi) is 4.28. The van der Waals surface area contributed by atoms with E-state index < -0.39 is 51.1 Å². The number of fused-ring (bicyclic) bond motifs is 1. The van der Waals surface area contributed by atoms with E-state index in [2.05, 4.69) is 0 Å². The van der Waals surface area contributed by atoms with Crippen molar-refractivity contribution in [2.24, 2.45) is 0 Å². The maximum Gasteiger partial charge on any atom is 0.308 e. The van der Waals surface area contributed by atoms with E-state index in [1.54, 1.807) is 0 Å². The van der Waals surface area contributed by atoms with Gasteiger partial charge in [-0.25, -0.2) is 0 Å². The third-order valence-electron chi connectivity index (χ3n) is 3.78. The van der Waals surface area contributed by atoms with E-state index in [-0.39, 0.29) is 17.1 Å². The number of hydrogen-bond donors (Lipinski definition) is 4. The standard InChI is InChI=1S/C18H14O9/c1-7(19)26-18-12(22)10-11(21)17(25-2)14(24)13(23)16(10)27-15(18)8-5-3-4-6-9(8)20/h3-6,20-21,23-24H,1-2H3. The van der Waals surface area contributed by atoms with Crippen LogP contribution in [-0.2, 0) is 4.79 Å². The van der Waals surface area contributed by atoms with Crippen LogP contribution in [0.3, 0.4) is 0 Å². The first-order chi connectivity index (χ1) is 12.8. The maximum absolute atomic E-state index is 12.9. The van der Waals surface area contributed by atoms with Gasteiger partial charge < -0.3 is 34.3 Å². The lowest BCUT2D eigenvalue weighted by Crippen LogP contribution is -2.14. The van der Waals surface area contributed by atoms with Gasteiger partial charge in [-0.1, -0.05) is 12.1 Å². The molecule has 0 amide bonds. The molecule has 0 spiro atoms. The Morgan fingerprint density at radius 3 is 2.26 bits per heavy atom. The van der Waals surface area contributed by atoms with Crippen molar-refractivity contribution in [3.63, 3.8) is 0 Å². The van der Waals surface area contributed by atoms with Crippen molar-refractivity contribution in [3.8, 4) is 45.8 Å². The molecule has 0 aliphatic heterocycles. The number of phenols is 4. The number of esters is 1. The van der Waals surface area contributed by atoms with Crippen LogP contribution in [0.5, 0.6) is 34.5 Å². The minimum absolute atomic E-state index is 0.0121. The molecule has 0 aliphatic carbocycles. The zero-order chi connectivity index (χ0) is 19.9. The van der Waals surface area contributed by atoms with Crippen molar-refractivity contribution in [1.82, 2.24) is 0 Å². The van der Waals surface area contributed by atoms with Crippen LogP contribution in [0, 0.1) is 0 Å². The third kappa shape index (κ3) is 2.74. The Bertz CT molecular complexity index is 1130. The van der Waals surface area contributed by atoms with Crippen molar-refractivity contribution in [2.45, 2.75) is 6.92 Å². The molecule has 2 aromatic carbocycles. The summed E-state index contributed by atoms with van der Waals surface area (Å²) in [6.45, 7) is 1.05. The van der Waals surface area contributed by atoms with Crippen LogP contribution >= 0.6 is 0 Å². The lowest BCUT2D eigenvalue weighted by molar-refractivity contribution is -0.132. The van der Waals surface area contributed by atoms with Crippen LogP contribution in [0.1, 0.15) is 6.92 Å². The molecule has 3 aromatic rings. The topological polar surface area (TPSA) is 147 Å². The van der Waals surface area contributed by atoms with E-state index in [4.69, 9.17) is 13.9 Å². The highest BCUT2D eigenvalue weighted by molar-refractivity contribution is 5.96. The number of carbonyl (C=O) groups is 1. The second-order valence-corrected chi connectivity index (χ2v) is 5.48. The smallest absolute Gasteiger partial charge is 0.308 e. The molecule has 9 nitrogen and oxygen atoms in total. The summed E-state index contributed by atoms with van der Waals surface area (Å²) in [5, 5.41) is 39.9. The van der Waals surface area contributed by atoms with Gasteiger partial charge in [0.1, 0.15) is 11.1 Å². The second kappa shape index (κ2) is 6.45. The summed E-state index contributed by atoms with van der Waals surface area (Å²) < 4.78 is 15.2. The van der Waals surface area contributed by atoms with E-state index in [0.717, 1.165) is 14.0 Å². The molecule has 140 valence electrons. The highest BCUT2D eigenvalue weighted by atomic mass is 16.5. The maximum atomic E-state index is 12.9. The average molecular weight is 374 g/mol. The molecule has 27 heavy (non-hydrogen) atoms. The monoisotopic (exact) mass is 374 g/mol. The molecule has 1 heterocycles. The van der Waals surface area contributed by atoms with Gasteiger partial charge in [-0.2, -0.15) is 0 Å². The van der Waals surface area contributed by atoms with Gasteiger partial charge in [0.2, 0.25) is 28.4 Å². The lowest BCUT2D eigenvalue weighted by atomic mass is 10.1. The minimum Gasteiger partial charge on any atom is -0.507 e. The number of phenolic OH excluding ortho intramolecular Hbond substituents is 4. The molecule has 1 aromatic heterocycles. The normalized spacial score (nSPS) is 10.7. The number of benzene rings is 2. The van der Waals surface area contributed by atoms with Gasteiger partial charge in [0.25, 0.3) is 0 Å². The van der Waals surface area contributed by atoms with Crippen molar-refractivity contribution in [1.29, 1.82) is 0 Å². The number of rotatable bonds is 3. The van der Waals surface area contributed by atoms with Gasteiger partial charge >= 0.3 is 5.97 Å². The molecule has 3 rings (SSSR count). The van der Waals surface area contributed by atoms with Crippen molar-refractivity contribution < 1.29 is 39.1 Å². The predicted molar refractivity (Wildman–Crippen MR) is 92.4 cm³/mol. The highest BCUT2D eigenvalue weighted by Crippen LogP contribution is 2.50. The number of methoxy groups -OCH3 is 1. The quantitative estimate of drug-likeness (QED) is 0.308. The van der Waals surface area contributed by atoms with E-state index >= 15 is 0 Å². The predicted octanol–water partition coefficient (Wildman–Crippen LogP) is 2.22. The van der Waals surface area contributed by atoms with E-state index in [1.807, 2.05) is 0 Å². The summed E-state index contributed by atoms with van der Waals surface area (Å²) in [4.78, 5) is 24.4. The Labute approximate surface area is 151 Å². The molecule has 0 atom stereocenters. The number of carbonyl (C=O) groups excluding carboxylic acids is 1. The fourth-order valence-electron chi connectivity index (χ4n) is 2.61. The zero-order valence-corrected chi connectivity index (χ0v) is 14.1. The highest BCUT2D eigenvalue weighted by Gasteiger charge is 2.29. The fourth-order valence-corrected chi connectivity index (χ4v) is 2.61. The van der Waals surface area contributed by atoms with Gasteiger partial charge in [-0.3, -0.25) is 9.59 Å². The summed E-state index contributed by atoms with van der Waals surface area (Å²) in [5.41, 5.74) is -1.61. The minimum atomic E-state index is -1.02. The van der Waals surface area contributed by atoms with Gasteiger partial charge in [-0.15, -0.1) is 0 Å². The Morgan fingerprint density at radius 1 is 1.00 bits per heavy atom. The van der Waals surface area contributed by atoms with Crippen LogP contribution in [-0.4, -0.2) is 33.5 Å². The molecule has 0 bridgehead atoms. The number of ether oxygens (including phenoxy) is 2. The SMILES string of the molecule is COc1c(O)c(O)c2oc(-c3ccccc3O)c(OC(C)=O)c(=O)c2c1O. The molecule has 0 saturated carbocycles. The first kappa shape index (κ1) is 17.9. The largest absolute Gasteiger partial charge is 0.507 e. The molecule has 4 N–H and O–H groups in total. The molecule has 0 radical (unpaired) electrons. The first-order valence-corrected chi connectivity index (χ1v) is 7.56. The number of para-hydroxylation sites is 1. The molecule has 0 saturated heterocycles. The second-order valence-electron chi connectivity index (χ2n) is 5.48. The summed E-state index contributed by atoms with van der Waals surface area (Å²) in [6.07, 6.45) is 0. The van der Waals surface area contributed by atoms with Gasteiger partial charge in [0, 0.05) is 6.92 Å². The van der Waals surface area contributed by atoms with Gasteiger partial charge in [-0.05, 0) is 12.1 Å². The van der Waals surface area contributed by atoms with E-state index in [0.29, 0.717) is 0 Å². The molecule has 0 aliphatic rings. The van der Waals surface area contributed by atoms with E-state index in [9.17, 15) is 30.0 Å². The Balaban J connectivity index is 2.54.